The van der Waals surface area contributed by atoms with Crippen LogP contribution in [0.25, 0.3) is 10.6 Å². The molecule has 1 aliphatic heterocycles. The summed E-state index contributed by atoms with van der Waals surface area (Å²) < 4.78 is 13.4. The van der Waals surface area contributed by atoms with E-state index in [1.165, 1.54) is 17.0 Å². The van der Waals surface area contributed by atoms with Crippen LogP contribution in [-0.4, -0.2) is 45.3 Å². The predicted molar refractivity (Wildman–Crippen MR) is 91.0 cm³/mol. The number of aromatic nitrogens is 2. The molecule has 25 heavy (non-hydrogen) atoms. The number of carboxylic acid groups (broad SMARTS) is 1. The first-order valence-electron chi connectivity index (χ1n) is 7.68. The molecule has 2 heterocycles. The predicted octanol–water partition coefficient (Wildman–Crippen LogP) is 2.98. The number of nitrogens with zero attached hydrogens (tertiary/aromatic N) is 3. The van der Waals surface area contributed by atoms with Crippen LogP contribution in [-0.2, 0) is 4.79 Å². The van der Waals surface area contributed by atoms with Crippen molar-refractivity contribution >= 4 is 28.5 Å². The molecular formula is C16H17FN4O3S. The van der Waals surface area contributed by atoms with Crippen LogP contribution in [0.4, 0.5) is 14.3 Å². The molecule has 2 aromatic rings. The fourth-order valence-corrected chi connectivity index (χ4v) is 3.50. The topological polar surface area (TPSA) is 95.4 Å². The molecule has 1 aliphatic rings. The highest BCUT2D eigenvalue weighted by atomic mass is 32.1. The zero-order valence-corrected chi connectivity index (χ0v) is 14.6. The van der Waals surface area contributed by atoms with Crippen molar-refractivity contribution in [2.75, 3.05) is 18.4 Å². The number of carboxylic acids is 1. The highest BCUT2D eigenvalue weighted by molar-refractivity contribution is 7.18. The summed E-state index contributed by atoms with van der Waals surface area (Å²) in [6.45, 7) is 3.97. The maximum atomic E-state index is 13.4. The first-order chi connectivity index (χ1) is 11.8. The number of benzene rings is 1. The number of halogens is 1. The molecule has 1 aromatic carbocycles. The fourth-order valence-electron chi connectivity index (χ4n) is 2.69. The van der Waals surface area contributed by atoms with E-state index in [9.17, 15) is 19.1 Å². The Balaban J connectivity index is 1.71. The molecule has 0 bridgehead atoms. The quantitative estimate of drug-likeness (QED) is 0.873. The maximum Gasteiger partial charge on any atom is 0.323 e. The summed E-state index contributed by atoms with van der Waals surface area (Å²) in [7, 11) is 0. The standard InChI is InChI=1S/C16H17FN4O3S/c1-9-3-4-10(17)7-11(9)12-19-20-14(25-12)18-15(24)21-6-5-16(2,8-21)13(22)23/h3-4,7H,5-6,8H2,1-2H3,(H,22,23)(H,18,20,24). The van der Waals surface area contributed by atoms with E-state index in [1.807, 2.05) is 6.92 Å². The Bertz CT molecular complexity index is 841. The van der Waals surface area contributed by atoms with Gasteiger partial charge in [0.25, 0.3) is 0 Å². The average Bonchev–Trinajstić information content (AvgIpc) is 3.17. The van der Waals surface area contributed by atoms with Crippen molar-refractivity contribution in [3.63, 3.8) is 0 Å². The summed E-state index contributed by atoms with van der Waals surface area (Å²) in [5.74, 6) is -1.28. The molecule has 1 saturated heterocycles. The Labute approximate surface area is 147 Å². The van der Waals surface area contributed by atoms with Gasteiger partial charge < -0.3 is 10.0 Å². The van der Waals surface area contributed by atoms with Gasteiger partial charge in [-0.05, 0) is 38.0 Å². The van der Waals surface area contributed by atoms with Crippen molar-refractivity contribution in [1.29, 1.82) is 0 Å². The van der Waals surface area contributed by atoms with E-state index in [0.717, 1.165) is 16.9 Å². The minimum Gasteiger partial charge on any atom is -0.481 e. The van der Waals surface area contributed by atoms with Gasteiger partial charge in [0.2, 0.25) is 5.13 Å². The molecule has 132 valence electrons. The second-order valence-corrected chi connectivity index (χ2v) is 7.32. The average molecular weight is 364 g/mol. The van der Waals surface area contributed by atoms with Gasteiger partial charge in [-0.15, -0.1) is 10.2 Å². The molecule has 7 nitrogen and oxygen atoms in total. The number of hydrogen-bond acceptors (Lipinski definition) is 5. The van der Waals surface area contributed by atoms with E-state index < -0.39 is 17.4 Å². The third kappa shape index (κ3) is 3.46. The molecule has 1 unspecified atom stereocenters. The Morgan fingerprint density at radius 3 is 2.84 bits per heavy atom. The first-order valence-corrected chi connectivity index (χ1v) is 8.49. The largest absolute Gasteiger partial charge is 0.481 e. The third-order valence-corrected chi connectivity index (χ3v) is 5.22. The normalized spacial score (nSPS) is 19.9. The van der Waals surface area contributed by atoms with Crippen LogP contribution >= 0.6 is 11.3 Å². The molecule has 3 rings (SSSR count). The van der Waals surface area contributed by atoms with Crippen molar-refractivity contribution in [3.8, 4) is 10.6 Å². The van der Waals surface area contributed by atoms with Gasteiger partial charge in [-0.3, -0.25) is 10.1 Å². The number of aliphatic carboxylic acids is 1. The van der Waals surface area contributed by atoms with Crippen LogP contribution in [0.1, 0.15) is 18.9 Å². The second kappa shape index (κ2) is 6.40. The zero-order valence-electron chi connectivity index (χ0n) is 13.7. The summed E-state index contributed by atoms with van der Waals surface area (Å²) in [6, 6.07) is 3.99. The van der Waals surface area contributed by atoms with Gasteiger partial charge in [0.05, 0.1) is 5.41 Å². The van der Waals surface area contributed by atoms with Crippen molar-refractivity contribution < 1.29 is 19.1 Å². The zero-order chi connectivity index (χ0) is 18.2. The monoisotopic (exact) mass is 364 g/mol. The fraction of sp³-hybridized carbons (Fsp3) is 0.375. The Kier molecular flexibility index (Phi) is 4.42. The van der Waals surface area contributed by atoms with Gasteiger partial charge in [-0.1, -0.05) is 17.4 Å². The lowest BCUT2D eigenvalue weighted by Crippen LogP contribution is -2.37. The molecule has 9 heteroatoms. The minimum atomic E-state index is -0.928. The summed E-state index contributed by atoms with van der Waals surface area (Å²) in [6.07, 6.45) is 0.402. The van der Waals surface area contributed by atoms with Gasteiger partial charge in [-0.25, -0.2) is 9.18 Å². The van der Waals surface area contributed by atoms with Crippen LogP contribution < -0.4 is 5.32 Å². The van der Waals surface area contributed by atoms with E-state index in [0.29, 0.717) is 23.5 Å². The summed E-state index contributed by atoms with van der Waals surface area (Å²) in [5, 5.41) is 20.6. The molecule has 0 saturated carbocycles. The lowest BCUT2D eigenvalue weighted by molar-refractivity contribution is -0.146. The number of aryl methyl sites for hydroxylation is 1. The first kappa shape index (κ1) is 17.3. The number of carbonyl (C=O) groups excluding carboxylic acids is 1. The number of rotatable bonds is 3. The van der Waals surface area contributed by atoms with Crippen LogP contribution in [0.15, 0.2) is 18.2 Å². The molecule has 0 spiro atoms. The molecule has 2 N–H and O–H groups in total. The highest BCUT2D eigenvalue weighted by Crippen LogP contribution is 2.32. The number of amides is 2. The number of likely N-dealkylation sites (tertiary alicyclic amines) is 1. The van der Waals surface area contributed by atoms with Gasteiger partial charge in [0, 0.05) is 18.7 Å². The maximum absolute atomic E-state index is 13.4. The van der Waals surface area contributed by atoms with Crippen molar-refractivity contribution in [1.82, 2.24) is 15.1 Å². The number of carbonyl (C=O) groups is 2. The molecular weight excluding hydrogens is 347 g/mol. The molecule has 1 atom stereocenters. The molecule has 1 fully saturated rings. The van der Waals surface area contributed by atoms with Crippen molar-refractivity contribution in [2.24, 2.45) is 5.41 Å². The summed E-state index contributed by atoms with van der Waals surface area (Å²) in [4.78, 5) is 25.0. The summed E-state index contributed by atoms with van der Waals surface area (Å²) >= 11 is 1.14. The van der Waals surface area contributed by atoms with E-state index in [1.54, 1.807) is 13.0 Å². The highest BCUT2D eigenvalue weighted by Gasteiger charge is 2.42. The van der Waals surface area contributed by atoms with E-state index >= 15 is 0 Å². The Hall–Kier alpha value is -2.55. The summed E-state index contributed by atoms with van der Waals surface area (Å²) in [5.41, 5.74) is 0.548. The van der Waals surface area contributed by atoms with Crippen molar-refractivity contribution in [2.45, 2.75) is 20.3 Å². The van der Waals surface area contributed by atoms with E-state index in [-0.39, 0.29) is 17.5 Å². The number of anilines is 1. The van der Waals surface area contributed by atoms with Crippen LogP contribution in [0.3, 0.4) is 0 Å². The Morgan fingerprint density at radius 2 is 2.16 bits per heavy atom. The van der Waals surface area contributed by atoms with Gasteiger partial charge in [-0.2, -0.15) is 0 Å². The SMILES string of the molecule is Cc1ccc(F)cc1-c1nnc(NC(=O)N2CCC(C)(C(=O)O)C2)s1. The second-order valence-electron chi connectivity index (χ2n) is 6.34. The smallest absolute Gasteiger partial charge is 0.323 e. The number of urea groups is 1. The van der Waals surface area contributed by atoms with Gasteiger partial charge in [0.1, 0.15) is 10.8 Å². The molecule has 0 aliphatic carbocycles. The van der Waals surface area contributed by atoms with Crippen molar-refractivity contribution in [3.05, 3.63) is 29.6 Å². The van der Waals surface area contributed by atoms with Gasteiger partial charge in [0.15, 0.2) is 0 Å². The van der Waals surface area contributed by atoms with E-state index in [4.69, 9.17) is 0 Å². The van der Waals surface area contributed by atoms with E-state index in [2.05, 4.69) is 15.5 Å². The lowest BCUT2D eigenvalue weighted by Gasteiger charge is -2.19. The number of nitrogens with one attached hydrogen (secondary N) is 1. The molecule has 2 amide bonds. The van der Waals surface area contributed by atoms with Crippen LogP contribution in [0, 0.1) is 18.2 Å². The lowest BCUT2D eigenvalue weighted by atomic mass is 9.90. The Morgan fingerprint density at radius 1 is 1.40 bits per heavy atom. The minimum absolute atomic E-state index is 0.142. The van der Waals surface area contributed by atoms with Crippen LogP contribution in [0.2, 0.25) is 0 Å². The molecule has 0 radical (unpaired) electrons. The van der Waals surface area contributed by atoms with Crippen LogP contribution in [0.5, 0.6) is 0 Å². The van der Waals surface area contributed by atoms with Gasteiger partial charge >= 0.3 is 12.0 Å². The molecule has 1 aromatic heterocycles. The third-order valence-electron chi connectivity index (χ3n) is 4.35. The number of hydrogen-bond donors (Lipinski definition) is 2.